The zero-order chi connectivity index (χ0) is 14.1. The molecule has 0 atom stereocenters. The second-order valence-corrected chi connectivity index (χ2v) is 3.41. The summed E-state index contributed by atoms with van der Waals surface area (Å²) in [5.74, 6) is -1.35. The lowest BCUT2D eigenvalue weighted by Gasteiger charge is -2.12. The highest BCUT2D eigenvalue weighted by molar-refractivity contribution is 6.30. The molecule has 0 N–H and O–H groups in total. The van der Waals surface area contributed by atoms with Gasteiger partial charge in [0.05, 0.1) is 18.2 Å². The zero-order valence-electron chi connectivity index (χ0n) is 8.69. The number of aromatic nitrogens is 1. The maximum atomic E-state index is 12.5. The minimum absolute atomic E-state index is 0.197. The summed E-state index contributed by atoms with van der Waals surface area (Å²) in [6, 6.07) is 0.197. The van der Waals surface area contributed by atoms with E-state index >= 15 is 0 Å². The third-order valence-electron chi connectivity index (χ3n) is 1.92. The Bertz CT molecular complexity index is 475. The van der Waals surface area contributed by atoms with E-state index in [9.17, 15) is 26.7 Å². The first-order valence-electron chi connectivity index (χ1n) is 4.32. The van der Waals surface area contributed by atoms with Crippen LogP contribution >= 0.6 is 11.6 Å². The number of pyridine rings is 1. The van der Waals surface area contributed by atoms with Crippen molar-refractivity contribution in [3.8, 4) is 0 Å². The summed E-state index contributed by atoms with van der Waals surface area (Å²) in [5, 5.41) is -1.15. The maximum absolute atomic E-state index is 12.5. The van der Waals surface area contributed by atoms with E-state index in [1.165, 1.54) is 0 Å². The topological polar surface area (TPSA) is 39.2 Å². The van der Waals surface area contributed by atoms with E-state index in [2.05, 4.69) is 9.72 Å². The standard InChI is InChI=1S/C9H5ClF5NO2/c1-18-8(17)3-2-4(9(13,14)15)6(10)16-5(3)7(11)12/h2,7H,1H3. The van der Waals surface area contributed by atoms with Gasteiger partial charge >= 0.3 is 12.1 Å². The minimum atomic E-state index is -4.91. The van der Waals surface area contributed by atoms with E-state index < -0.39 is 40.5 Å². The Labute approximate surface area is 103 Å². The number of hydrogen-bond donors (Lipinski definition) is 0. The molecule has 0 saturated carbocycles. The van der Waals surface area contributed by atoms with E-state index in [4.69, 9.17) is 11.6 Å². The molecule has 0 aromatic carbocycles. The average molecular weight is 290 g/mol. The Morgan fingerprint density at radius 1 is 1.44 bits per heavy atom. The Kier molecular flexibility index (Phi) is 4.10. The molecule has 9 heteroatoms. The average Bonchev–Trinajstić information content (AvgIpc) is 2.25. The van der Waals surface area contributed by atoms with E-state index in [0.717, 1.165) is 7.11 Å². The Hall–Kier alpha value is -1.44. The number of carbonyl (C=O) groups excluding carboxylic acids is 1. The van der Waals surface area contributed by atoms with E-state index in [0.29, 0.717) is 0 Å². The lowest BCUT2D eigenvalue weighted by Crippen LogP contribution is -2.14. The molecule has 3 nitrogen and oxygen atoms in total. The molecule has 0 aliphatic heterocycles. The van der Waals surface area contributed by atoms with Crippen molar-refractivity contribution in [1.82, 2.24) is 4.98 Å². The normalized spacial score (nSPS) is 11.8. The molecule has 0 saturated heterocycles. The first-order valence-corrected chi connectivity index (χ1v) is 4.70. The predicted octanol–water partition coefficient (Wildman–Crippen LogP) is 3.48. The fourth-order valence-electron chi connectivity index (χ4n) is 1.14. The van der Waals surface area contributed by atoms with Gasteiger partial charge < -0.3 is 4.74 Å². The highest BCUT2D eigenvalue weighted by Crippen LogP contribution is 2.36. The molecular formula is C9H5ClF5NO2. The van der Waals surface area contributed by atoms with Crippen LogP contribution in [-0.4, -0.2) is 18.1 Å². The third kappa shape index (κ3) is 2.87. The van der Waals surface area contributed by atoms with Crippen LogP contribution in [0.1, 0.15) is 28.0 Å². The molecule has 0 radical (unpaired) electrons. The van der Waals surface area contributed by atoms with Crippen molar-refractivity contribution in [3.63, 3.8) is 0 Å². The van der Waals surface area contributed by atoms with E-state index in [-0.39, 0.29) is 6.07 Å². The predicted molar refractivity (Wildman–Crippen MR) is 50.5 cm³/mol. The first-order chi connectivity index (χ1) is 8.18. The summed E-state index contributed by atoms with van der Waals surface area (Å²) >= 11 is 5.16. The van der Waals surface area contributed by atoms with Crippen LogP contribution < -0.4 is 0 Å². The zero-order valence-corrected chi connectivity index (χ0v) is 9.44. The summed E-state index contributed by atoms with van der Waals surface area (Å²) in [7, 11) is 0.847. The monoisotopic (exact) mass is 289 g/mol. The lowest BCUT2D eigenvalue weighted by atomic mass is 10.1. The fourth-order valence-corrected chi connectivity index (χ4v) is 1.40. The minimum Gasteiger partial charge on any atom is -0.465 e. The van der Waals surface area contributed by atoms with Crippen molar-refractivity contribution in [2.24, 2.45) is 0 Å². The summed E-state index contributed by atoms with van der Waals surface area (Å²) < 4.78 is 66.6. The van der Waals surface area contributed by atoms with Gasteiger partial charge in [-0.1, -0.05) is 11.6 Å². The third-order valence-corrected chi connectivity index (χ3v) is 2.21. The Morgan fingerprint density at radius 3 is 2.39 bits per heavy atom. The number of esters is 1. The van der Waals surface area contributed by atoms with Gasteiger partial charge in [-0.2, -0.15) is 13.2 Å². The molecule has 1 rings (SSSR count). The van der Waals surface area contributed by atoms with Crippen LogP contribution in [0.4, 0.5) is 22.0 Å². The van der Waals surface area contributed by atoms with Crippen molar-refractivity contribution < 1.29 is 31.5 Å². The molecule has 0 fully saturated rings. The quantitative estimate of drug-likeness (QED) is 0.475. The van der Waals surface area contributed by atoms with Crippen LogP contribution in [0.25, 0.3) is 0 Å². The van der Waals surface area contributed by atoms with Crippen LogP contribution in [0.5, 0.6) is 0 Å². The molecule has 0 spiro atoms. The summed E-state index contributed by atoms with van der Waals surface area (Å²) in [4.78, 5) is 14.0. The van der Waals surface area contributed by atoms with E-state index in [1.807, 2.05) is 0 Å². The van der Waals surface area contributed by atoms with Gasteiger partial charge in [-0.25, -0.2) is 18.6 Å². The van der Waals surface area contributed by atoms with Gasteiger partial charge in [-0.05, 0) is 6.07 Å². The second-order valence-electron chi connectivity index (χ2n) is 3.05. The molecule has 1 aromatic heterocycles. The first kappa shape index (κ1) is 14.6. The van der Waals surface area contributed by atoms with Crippen molar-refractivity contribution in [1.29, 1.82) is 0 Å². The number of alkyl halides is 5. The van der Waals surface area contributed by atoms with Gasteiger partial charge in [-0.3, -0.25) is 0 Å². The SMILES string of the molecule is COC(=O)c1cc(C(F)(F)F)c(Cl)nc1C(F)F. The Morgan fingerprint density at radius 2 is 2.00 bits per heavy atom. The van der Waals surface area contributed by atoms with Crippen LogP contribution in [-0.2, 0) is 10.9 Å². The van der Waals surface area contributed by atoms with Gasteiger partial charge in [0.15, 0.2) is 0 Å². The molecule has 0 unspecified atom stereocenters. The van der Waals surface area contributed by atoms with Gasteiger partial charge in [0.1, 0.15) is 10.8 Å². The number of methoxy groups -OCH3 is 1. The van der Waals surface area contributed by atoms with Gasteiger partial charge in [-0.15, -0.1) is 0 Å². The molecule has 0 bridgehead atoms. The lowest BCUT2D eigenvalue weighted by molar-refractivity contribution is -0.137. The summed E-state index contributed by atoms with van der Waals surface area (Å²) in [6.07, 6.45) is -8.16. The largest absolute Gasteiger partial charge is 0.465 e. The van der Waals surface area contributed by atoms with E-state index in [1.54, 1.807) is 0 Å². The van der Waals surface area contributed by atoms with Crippen molar-refractivity contribution in [3.05, 3.63) is 28.0 Å². The maximum Gasteiger partial charge on any atom is 0.419 e. The number of halogens is 6. The number of nitrogens with zero attached hydrogens (tertiary/aromatic N) is 1. The van der Waals surface area contributed by atoms with Gasteiger partial charge in [0.2, 0.25) is 0 Å². The van der Waals surface area contributed by atoms with Crippen molar-refractivity contribution >= 4 is 17.6 Å². The molecule has 0 amide bonds. The van der Waals surface area contributed by atoms with Crippen molar-refractivity contribution in [2.75, 3.05) is 7.11 Å². The molecule has 1 aromatic rings. The Balaban J connectivity index is 3.50. The molecular weight excluding hydrogens is 285 g/mol. The molecule has 0 aliphatic carbocycles. The number of rotatable bonds is 2. The smallest absolute Gasteiger partial charge is 0.419 e. The van der Waals surface area contributed by atoms with Crippen molar-refractivity contribution in [2.45, 2.75) is 12.6 Å². The summed E-state index contributed by atoms with van der Waals surface area (Å²) in [5.41, 5.74) is -3.60. The number of ether oxygens (including phenoxy) is 1. The molecule has 100 valence electrons. The molecule has 18 heavy (non-hydrogen) atoms. The van der Waals surface area contributed by atoms with Crippen LogP contribution in [0.15, 0.2) is 6.07 Å². The van der Waals surface area contributed by atoms with Gasteiger partial charge in [0, 0.05) is 0 Å². The van der Waals surface area contributed by atoms with Crippen LogP contribution in [0.3, 0.4) is 0 Å². The summed E-state index contributed by atoms with van der Waals surface area (Å²) in [6.45, 7) is 0. The highest BCUT2D eigenvalue weighted by atomic mass is 35.5. The number of carbonyl (C=O) groups is 1. The molecule has 1 heterocycles. The second kappa shape index (κ2) is 5.05. The highest BCUT2D eigenvalue weighted by Gasteiger charge is 2.37. The fraction of sp³-hybridized carbons (Fsp3) is 0.333. The molecule has 0 aliphatic rings. The number of hydrogen-bond acceptors (Lipinski definition) is 3. The van der Waals surface area contributed by atoms with Crippen LogP contribution in [0.2, 0.25) is 5.15 Å². The van der Waals surface area contributed by atoms with Gasteiger partial charge in [0.25, 0.3) is 6.43 Å². The van der Waals surface area contributed by atoms with Crippen LogP contribution in [0, 0.1) is 0 Å².